The lowest BCUT2D eigenvalue weighted by atomic mass is 9.97. The van der Waals surface area contributed by atoms with Crippen molar-refractivity contribution in [1.82, 2.24) is 5.32 Å². The summed E-state index contributed by atoms with van der Waals surface area (Å²) in [5.41, 5.74) is 5.82. The lowest BCUT2D eigenvalue weighted by Gasteiger charge is -2.28. The Bertz CT molecular complexity index is 555. The van der Waals surface area contributed by atoms with Gasteiger partial charge in [0, 0.05) is 12.5 Å². The highest BCUT2D eigenvalue weighted by Crippen LogP contribution is 2.49. The molecule has 2 unspecified atom stereocenters. The van der Waals surface area contributed by atoms with E-state index in [0.717, 1.165) is 31.7 Å². The van der Waals surface area contributed by atoms with E-state index in [4.69, 9.17) is 5.73 Å². The SMILES string of the molecule is NCC1(NC(=O)C2CC2c2cccc(F)c2F)CCCC1. The van der Waals surface area contributed by atoms with Crippen molar-refractivity contribution in [2.45, 2.75) is 43.6 Å². The fourth-order valence-corrected chi connectivity index (χ4v) is 3.42. The van der Waals surface area contributed by atoms with Crippen molar-refractivity contribution in [3.8, 4) is 0 Å². The zero-order valence-corrected chi connectivity index (χ0v) is 11.9. The van der Waals surface area contributed by atoms with Crippen molar-refractivity contribution in [2.24, 2.45) is 11.7 Å². The summed E-state index contributed by atoms with van der Waals surface area (Å²) in [7, 11) is 0. The first kappa shape index (κ1) is 14.4. The van der Waals surface area contributed by atoms with E-state index in [9.17, 15) is 13.6 Å². The van der Waals surface area contributed by atoms with Gasteiger partial charge >= 0.3 is 0 Å². The van der Waals surface area contributed by atoms with Crippen LogP contribution in [0, 0.1) is 17.6 Å². The molecule has 2 atom stereocenters. The fourth-order valence-electron chi connectivity index (χ4n) is 3.42. The van der Waals surface area contributed by atoms with Gasteiger partial charge in [0.1, 0.15) is 0 Å². The molecule has 2 saturated carbocycles. The van der Waals surface area contributed by atoms with Crippen molar-refractivity contribution in [3.63, 3.8) is 0 Å². The van der Waals surface area contributed by atoms with Gasteiger partial charge in [0.15, 0.2) is 11.6 Å². The van der Waals surface area contributed by atoms with E-state index < -0.39 is 11.6 Å². The molecule has 0 spiro atoms. The van der Waals surface area contributed by atoms with Crippen LogP contribution in [0.25, 0.3) is 0 Å². The molecule has 0 radical (unpaired) electrons. The van der Waals surface area contributed by atoms with Crippen LogP contribution < -0.4 is 11.1 Å². The van der Waals surface area contributed by atoms with E-state index in [1.807, 2.05) is 0 Å². The van der Waals surface area contributed by atoms with Crippen LogP contribution in [0.1, 0.15) is 43.6 Å². The van der Waals surface area contributed by atoms with Crippen LogP contribution in [0.3, 0.4) is 0 Å². The molecule has 0 heterocycles. The van der Waals surface area contributed by atoms with Crippen LogP contribution in [0.4, 0.5) is 8.78 Å². The Morgan fingerprint density at radius 2 is 2.05 bits per heavy atom. The molecule has 1 aromatic carbocycles. The Morgan fingerprint density at radius 1 is 1.33 bits per heavy atom. The Hall–Kier alpha value is -1.49. The van der Waals surface area contributed by atoms with Crippen molar-refractivity contribution in [3.05, 3.63) is 35.4 Å². The van der Waals surface area contributed by atoms with Gasteiger partial charge in [-0.05, 0) is 36.8 Å². The number of hydrogen-bond acceptors (Lipinski definition) is 2. The molecule has 3 N–H and O–H groups in total. The summed E-state index contributed by atoms with van der Waals surface area (Å²) >= 11 is 0. The van der Waals surface area contributed by atoms with Gasteiger partial charge in [-0.15, -0.1) is 0 Å². The minimum Gasteiger partial charge on any atom is -0.349 e. The fraction of sp³-hybridized carbons (Fsp3) is 0.562. The Labute approximate surface area is 122 Å². The summed E-state index contributed by atoms with van der Waals surface area (Å²) in [4.78, 5) is 12.3. The highest BCUT2D eigenvalue weighted by molar-refractivity contribution is 5.83. The minimum absolute atomic E-state index is 0.0731. The predicted molar refractivity (Wildman–Crippen MR) is 75.6 cm³/mol. The number of halogens is 2. The number of rotatable bonds is 4. The van der Waals surface area contributed by atoms with Crippen LogP contribution in [0.5, 0.6) is 0 Å². The van der Waals surface area contributed by atoms with Crippen LogP contribution in [-0.2, 0) is 4.79 Å². The maximum Gasteiger partial charge on any atom is 0.224 e. The molecule has 0 bridgehead atoms. The van der Waals surface area contributed by atoms with E-state index in [-0.39, 0.29) is 23.3 Å². The zero-order valence-electron chi connectivity index (χ0n) is 11.9. The molecule has 2 aliphatic carbocycles. The molecule has 3 nitrogen and oxygen atoms in total. The molecule has 1 aromatic rings. The zero-order chi connectivity index (χ0) is 15.0. The third-order valence-corrected chi connectivity index (χ3v) is 4.85. The molecule has 0 saturated heterocycles. The van der Waals surface area contributed by atoms with Gasteiger partial charge in [0.05, 0.1) is 5.54 Å². The number of benzene rings is 1. The largest absolute Gasteiger partial charge is 0.349 e. The van der Waals surface area contributed by atoms with Gasteiger partial charge in [-0.1, -0.05) is 25.0 Å². The van der Waals surface area contributed by atoms with Crippen molar-refractivity contribution < 1.29 is 13.6 Å². The third-order valence-electron chi connectivity index (χ3n) is 4.85. The van der Waals surface area contributed by atoms with Gasteiger partial charge in [-0.3, -0.25) is 4.79 Å². The second-order valence-corrected chi connectivity index (χ2v) is 6.27. The number of nitrogens with two attached hydrogens (primary N) is 1. The molecule has 0 aliphatic heterocycles. The van der Waals surface area contributed by atoms with Gasteiger partial charge in [-0.25, -0.2) is 8.78 Å². The molecule has 114 valence electrons. The summed E-state index contributed by atoms with van der Waals surface area (Å²) < 4.78 is 27.0. The molecule has 21 heavy (non-hydrogen) atoms. The molecule has 0 aromatic heterocycles. The maximum absolute atomic E-state index is 13.7. The average molecular weight is 294 g/mol. The first-order chi connectivity index (χ1) is 10.1. The Morgan fingerprint density at radius 3 is 2.71 bits per heavy atom. The lowest BCUT2D eigenvalue weighted by molar-refractivity contribution is -0.124. The molecule has 3 rings (SSSR count). The van der Waals surface area contributed by atoms with Gasteiger partial charge in [-0.2, -0.15) is 0 Å². The molecular weight excluding hydrogens is 274 g/mol. The maximum atomic E-state index is 13.7. The predicted octanol–water partition coefficient (Wildman–Crippen LogP) is 2.46. The first-order valence-corrected chi connectivity index (χ1v) is 7.52. The second kappa shape index (κ2) is 5.37. The molecule has 2 aliphatic rings. The number of hydrogen-bond donors (Lipinski definition) is 2. The van der Waals surface area contributed by atoms with Gasteiger partial charge in [0.2, 0.25) is 5.91 Å². The highest BCUT2D eigenvalue weighted by atomic mass is 19.2. The van der Waals surface area contributed by atoms with Crippen molar-refractivity contribution in [1.29, 1.82) is 0 Å². The second-order valence-electron chi connectivity index (χ2n) is 6.27. The van der Waals surface area contributed by atoms with E-state index >= 15 is 0 Å². The standard InChI is InChI=1S/C16H20F2N2O/c17-13-5-3-4-10(14(13)18)11-8-12(11)15(21)20-16(9-19)6-1-2-7-16/h3-5,11-12H,1-2,6-9,19H2,(H,20,21). The summed E-state index contributed by atoms with van der Waals surface area (Å²) in [6.45, 7) is 0.435. The number of carbonyl (C=O) groups is 1. The molecule has 2 fully saturated rings. The van der Waals surface area contributed by atoms with Gasteiger partial charge in [0.25, 0.3) is 0 Å². The molecular formula is C16H20F2N2O. The number of nitrogens with one attached hydrogen (secondary N) is 1. The number of amides is 1. The third kappa shape index (κ3) is 2.67. The monoisotopic (exact) mass is 294 g/mol. The summed E-state index contributed by atoms with van der Waals surface area (Å²) in [5, 5.41) is 3.06. The summed E-state index contributed by atoms with van der Waals surface area (Å²) in [5.74, 6) is -2.22. The van der Waals surface area contributed by atoms with Crippen LogP contribution >= 0.6 is 0 Å². The van der Waals surface area contributed by atoms with Gasteiger partial charge < -0.3 is 11.1 Å². The quantitative estimate of drug-likeness (QED) is 0.896. The van der Waals surface area contributed by atoms with Crippen LogP contribution in [0.2, 0.25) is 0 Å². The Kier molecular flexibility index (Phi) is 3.69. The van der Waals surface area contributed by atoms with Crippen LogP contribution in [-0.4, -0.2) is 18.0 Å². The smallest absolute Gasteiger partial charge is 0.224 e. The lowest BCUT2D eigenvalue weighted by Crippen LogP contribution is -2.52. The topological polar surface area (TPSA) is 55.1 Å². The molecule has 5 heteroatoms. The van der Waals surface area contributed by atoms with Crippen molar-refractivity contribution in [2.75, 3.05) is 6.54 Å². The molecule has 1 amide bonds. The number of carbonyl (C=O) groups excluding carboxylic acids is 1. The highest BCUT2D eigenvalue weighted by Gasteiger charge is 2.47. The van der Waals surface area contributed by atoms with Crippen molar-refractivity contribution >= 4 is 5.91 Å². The van der Waals surface area contributed by atoms with E-state index in [2.05, 4.69) is 5.32 Å². The first-order valence-electron chi connectivity index (χ1n) is 7.52. The summed E-state index contributed by atoms with van der Waals surface area (Å²) in [6.07, 6.45) is 4.53. The minimum atomic E-state index is -0.854. The Balaban J connectivity index is 1.67. The summed E-state index contributed by atoms with van der Waals surface area (Å²) in [6, 6.07) is 4.14. The van der Waals surface area contributed by atoms with E-state index in [1.54, 1.807) is 6.07 Å². The average Bonchev–Trinajstić information content (AvgIpc) is 3.14. The van der Waals surface area contributed by atoms with E-state index in [1.165, 1.54) is 6.07 Å². The van der Waals surface area contributed by atoms with Crippen LogP contribution in [0.15, 0.2) is 18.2 Å². The normalized spacial score (nSPS) is 26.6. The van der Waals surface area contributed by atoms with E-state index in [0.29, 0.717) is 18.5 Å².